The van der Waals surface area contributed by atoms with E-state index in [2.05, 4.69) is 15.5 Å². The Morgan fingerprint density at radius 3 is 2.62 bits per heavy atom. The van der Waals surface area contributed by atoms with Crippen molar-refractivity contribution in [3.63, 3.8) is 0 Å². The van der Waals surface area contributed by atoms with Gasteiger partial charge in [-0.25, -0.2) is 0 Å². The predicted molar refractivity (Wildman–Crippen MR) is 95.6 cm³/mol. The standard InChI is InChI=1S/C18H13Cl2N3O/c19-11-6-7-12(14(20)8-11)13-9-15(24)21-18-16(13)17(22-23-18)10-4-2-1-3-5-10/h1-8,13H,9H2,(H2,21,22,23,24)/t13-/m1/s1. The second kappa shape index (κ2) is 5.96. The van der Waals surface area contributed by atoms with Crippen LogP contribution in [0.5, 0.6) is 0 Å². The van der Waals surface area contributed by atoms with Gasteiger partial charge in [-0.05, 0) is 23.3 Å². The van der Waals surface area contributed by atoms with Gasteiger partial charge < -0.3 is 5.32 Å². The minimum atomic E-state index is -0.174. The molecular weight excluding hydrogens is 345 g/mol. The highest BCUT2D eigenvalue weighted by molar-refractivity contribution is 6.35. The molecule has 0 radical (unpaired) electrons. The fraction of sp³-hybridized carbons (Fsp3) is 0.111. The molecule has 1 amide bonds. The Balaban J connectivity index is 1.90. The summed E-state index contributed by atoms with van der Waals surface area (Å²) in [4.78, 5) is 12.1. The highest BCUT2D eigenvalue weighted by Crippen LogP contribution is 2.43. The lowest BCUT2D eigenvalue weighted by Gasteiger charge is -2.24. The highest BCUT2D eigenvalue weighted by Gasteiger charge is 2.33. The van der Waals surface area contributed by atoms with Crippen LogP contribution in [0.4, 0.5) is 5.82 Å². The first-order chi connectivity index (χ1) is 11.6. The van der Waals surface area contributed by atoms with Crippen molar-refractivity contribution in [3.8, 4) is 11.3 Å². The molecule has 0 fully saturated rings. The van der Waals surface area contributed by atoms with E-state index in [4.69, 9.17) is 23.2 Å². The van der Waals surface area contributed by atoms with Crippen LogP contribution in [0.1, 0.15) is 23.5 Å². The molecule has 24 heavy (non-hydrogen) atoms. The van der Waals surface area contributed by atoms with Gasteiger partial charge in [0.05, 0.1) is 5.69 Å². The minimum Gasteiger partial charge on any atom is -0.309 e. The zero-order chi connectivity index (χ0) is 16.7. The zero-order valence-corrected chi connectivity index (χ0v) is 14.0. The van der Waals surface area contributed by atoms with Crippen molar-refractivity contribution in [1.82, 2.24) is 10.2 Å². The van der Waals surface area contributed by atoms with Crippen molar-refractivity contribution in [2.45, 2.75) is 12.3 Å². The Hall–Kier alpha value is -2.30. The summed E-state index contributed by atoms with van der Waals surface area (Å²) in [5.74, 6) is 0.304. The second-order valence-corrected chi connectivity index (χ2v) is 6.54. The number of benzene rings is 2. The predicted octanol–water partition coefficient (Wildman–Crippen LogP) is 4.86. The summed E-state index contributed by atoms with van der Waals surface area (Å²) >= 11 is 12.4. The van der Waals surface area contributed by atoms with Gasteiger partial charge in [-0.2, -0.15) is 5.10 Å². The lowest BCUT2D eigenvalue weighted by Crippen LogP contribution is -2.23. The third-order valence-corrected chi connectivity index (χ3v) is 4.76. The zero-order valence-electron chi connectivity index (χ0n) is 12.5. The average molecular weight is 358 g/mol. The number of carbonyl (C=O) groups excluding carboxylic acids is 1. The number of nitrogens with one attached hydrogen (secondary N) is 2. The highest BCUT2D eigenvalue weighted by atomic mass is 35.5. The Morgan fingerprint density at radius 2 is 1.88 bits per heavy atom. The summed E-state index contributed by atoms with van der Waals surface area (Å²) in [5, 5.41) is 11.3. The summed E-state index contributed by atoms with van der Waals surface area (Å²) in [5.41, 5.74) is 3.72. The molecule has 0 aliphatic carbocycles. The third kappa shape index (κ3) is 2.58. The summed E-state index contributed by atoms with van der Waals surface area (Å²) in [6, 6.07) is 15.3. The van der Waals surface area contributed by atoms with E-state index in [1.54, 1.807) is 12.1 Å². The maximum atomic E-state index is 12.1. The van der Waals surface area contributed by atoms with Crippen LogP contribution in [-0.4, -0.2) is 16.1 Å². The van der Waals surface area contributed by atoms with Gasteiger partial charge in [0.15, 0.2) is 5.82 Å². The van der Waals surface area contributed by atoms with E-state index in [1.807, 2.05) is 36.4 Å². The first-order valence-electron chi connectivity index (χ1n) is 7.52. The van der Waals surface area contributed by atoms with Gasteiger partial charge in [0.1, 0.15) is 0 Å². The first-order valence-corrected chi connectivity index (χ1v) is 8.27. The average Bonchev–Trinajstić information content (AvgIpc) is 2.99. The summed E-state index contributed by atoms with van der Waals surface area (Å²) in [7, 11) is 0. The van der Waals surface area contributed by atoms with E-state index in [-0.39, 0.29) is 11.8 Å². The van der Waals surface area contributed by atoms with Crippen LogP contribution >= 0.6 is 23.2 Å². The van der Waals surface area contributed by atoms with E-state index >= 15 is 0 Å². The van der Waals surface area contributed by atoms with Crippen molar-refractivity contribution in [1.29, 1.82) is 0 Å². The van der Waals surface area contributed by atoms with Crippen molar-refractivity contribution in [2.75, 3.05) is 5.32 Å². The van der Waals surface area contributed by atoms with E-state index in [9.17, 15) is 4.79 Å². The number of hydrogen-bond acceptors (Lipinski definition) is 2. The first kappa shape index (κ1) is 15.2. The lowest BCUT2D eigenvalue weighted by molar-refractivity contribution is -0.116. The van der Waals surface area contributed by atoms with Crippen molar-refractivity contribution >= 4 is 34.9 Å². The molecule has 4 rings (SSSR count). The maximum absolute atomic E-state index is 12.1. The Labute approximate surface area is 148 Å². The number of amides is 1. The Morgan fingerprint density at radius 1 is 1.08 bits per heavy atom. The van der Waals surface area contributed by atoms with Crippen LogP contribution in [0.15, 0.2) is 48.5 Å². The molecule has 6 heteroatoms. The molecule has 1 aromatic heterocycles. The van der Waals surface area contributed by atoms with Crippen molar-refractivity contribution in [3.05, 3.63) is 69.7 Å². The second-order valence-electron chi connectivity index (χ2n) is 5.70. The molecule has 1 aliphatic heterocycles. The third-order valence-electron chi connectivity index (χ3n) is 4.20. The van der Waals surface area contributed by atoms with Crippen LogP contribution in [0.2, 0.25) is 10.0 Å². The lowest BCUT2D eigenvalue weighted by atomic mass is 9.84. The molecule has 1 aliphatic rings. The van der Waals surface area contributed by atoms with Crippen LogP contribution in [0, 0.1) is 0 Å². The number of carbonyl (C=O) groups is 1. The molecule has 2 N–H and O–H groups in total. The van der Waals surface area contributed by atoms with Crippen LogP contribution in [-0.2, 0) is 4.79 Å². The van der Waals surface area contributed by atoms with Gasteiger partial charge in [0, 0.05) is 27.9 Å². The van der Waals surface area contributed by atoms with Gasteiger partial charge in [-0.15, -0.1) is 0 Å². The quantitative estimate of drug-likeness (QED) is 0.688. The van der Waals surface area contributed by atoms with Gasteiger partial charge in [-0.3, -0.25) is 9.89 Å². The number of rotatable bonds is 2. The van der Waals surface area contributed by atoms with Crippen LogP contribution in [0.25, 0.3) is 11.3 Å². The van der Waals surface area contributed by atoms with E-state index < -0.39 is 0 Å². The summed E-state index contributed by atoms with van der Waals surface area (Å²) in [6.07, 6.45) is 0.313. The normalized spacial score (nSPS) is 16.6. The molecule has 0 bridgehead atoms. The molecule has 0 unspecified atom stereocenters. The number of aromatic nitrogens is 2. The van der Waals surface area contributed by atoms with Gasteiger partial charge in [-0.1, -0.05) is 59.6 Å². The number of hydrogen-bond donors (Lipinski definition) is 2. The minimum absolute atomic E-state index is 0.0790. The molecule has 120 valence electrons. The smallest absolute Gasteiger partial charge is 0.226 e. The molecular formula is C18H13Cl2N3O. The SMILES string of the molecule is O=C1C[C@H](c2ccc(Cl)cc2Cl)c2c(n[nH]c2-c2ccccc2)N1. The molecule has 0 spiro atoms. The fourth-order valence-corrected chi connectivity index (χ4v) is 3.67. The van der Waals surface area contributed by atoms with E-state index in [1.165, 1.54) is 0 Å². The Bertz CT molecular complexity index is 921. The topological polar surface area (TPSA) is 57.8 Å². The fourth-order valence-electron chi connectivity index (χ4n) is 3.13. The molecule has 2 heterocycles. The number of anilines is 1. The number of halogens is 2. The largest absolute Gasteiger partial charge is 0.309 e. The van der Waals surface area contributed by atoms with Gasteiger partial charge >= 0.3 is 0 Å². The monoisotopic (exact) mass is 357 g/mol. The maximum Gasteiger partial charge on any atom is 0.226 e. The van der Waals surface area contributed by atoms with Crippen LogP contribution in [0.3, 0.4) is 0 Å². The van der Waals surface area contributed by atoms with Crippen molar-refractivity contribution in [2.24, 2.45) is 0 Å². The summed E-state index contributed by atoms with van der Waals surface area (Å²) in [6.45, 7) is 0. The summed E-state index contributed by atoms with van der Waals surface area (Å²) < 4.78 is 0. The molecule has 0 saturated heterocycles. The number of fused-ring (bicyclic) bond motifs is 1. The number of H-pyrrole nitrogens is 1. The number of aromatic amines is 1. The van der Waals surface area contributed by atoms with Crippen LogP contribution < -0.4 is 5.32 Å². The molecule has 1 atom stereocenters. The molecule has 0 saturated carbocycles. The van der Waals surface area contributed by atoms with Gasteiger partial charge in [0.2, 0.25) is 5.91 Å². The molecule has 2 aromatic carbocycles. The molecule has 4 nitrogen and oxygen atoms in total. The van der Waals surface area contributed by atoms with E-state index in [0.29, 0.717) is 22.3 Å². The van der Waals surface area contributed by atoms with E-state index in [0.717, 1.165) is 22.4 Å². The number of nitrogens with zero attached hydrogens (tertiary/aromatic N) is 1. The van der Waals surface area contributed by atoms with Gasteiger partial charge in [0.25, 0.3) is 0 Å². The Kier molecular flexibility index (Phi) is 3.79. The molecule has 3 aromatic rings. The van der Waals surface area contributed by atoms with Crippen molar-refractivity contribution < 1.29 is 4.79 Å².